The third kappa shape index (κ3) is 3.82. The predicted octanol–water partition coefficient (Wildman–Crippen LogP) is 0.398. The Morgan fingerprint density at radius 3 is 2.50 bits per heavy atom. The molecule has 0 aliphatic carbocycles. The van der Waals surface area contributed by atoms with Crippen LogP contribution in [0.3, 0.4) is 0 Å². The van der Waals surface area contributed by atoms with Gasteiger partial charge in [0.05, 0.1) is 7.11 Å². The lowest BCUT2D eigenvalue weighted by molar-refractivity contribution is -0.152. The van der Waals surface area contributed by atoms with Crippen LogP contribution in [0.5, 0.6) is 0 Å². The van der Waals surface area contributed by atoms with E-state index in [4.69, 9.17) is 22.7 Å². The van der Waals surface area contributed by atoms with Gasteiger partial charge in [-0.15, -0.1) is 0 Å². The van der Waals surface area contributed by atoms with Gasteiger partial charge in [-0.1, -0.05) is 20.8 Å². The first-order valence-electron chi connectivity index (χ1n) is 6.62. The number of thiocarbonyl (C=S) groups is 1. The number of nitrogens with two attached hydrogens (primary N) is 1. The van der Waals surface area contributed by atoms with Crippen molar-refractivity contribution >= 4 is 29.2 Å². The molecule has 0 radical (unpaired) electrons. The summed E-state index contributed by atoms with van der Waals surface area (Å²) in [6, 6.07) is -1.07. The Balaban J connectivity index is 2.94. The summed E-state index contributed by atoms with van der Waals surface area (Å²) in [5.41, 5.74) is 5.13. The van der Waals surface area contributed by atoms with Crippen molar-refractivity contribution in [3.8, 4) is 0 Å². The minimum absolute atomic E-state index is 0.0760. The van der Waals surface area contributed by atoms with Crippen LogP contribution in [0.15, 0.2) is 0 Å². The Morgan fingerprint density at radius 2 is 2.05 bits per heavy atom. The van der Waals surface area contributed by atoms with Crippen molar-refractivity contribution in [2.75, 3.05) is 13.7 Å². The Morgan fingerprint density at radius 1 is 1.45 bits per heavy atom. The maximum atomic E-state index is 12.7. The highest BCUT2D eigenvalue weighted by atomic mass is 32.1. The van der Waals surface area contributed by atoms with E-state index in [0.29, 0.717) is 13.0 Å². The fourth-order valence-corrected chi connectivity index (χ4v) is 2.49. The fourth-order valence-electron chi connectivity index (χ4n) is 2.37. The first kappa shape index (κ1) is 16.7. The summed E-state index contributed by atoms with van der Waals surface area (Å²) in [6.45, 7) is 6.31. The number of carbonyl (C=O) groups is 2. The summed E-state index contributed by atoms with van der Waals surface area (Å²) in [4.78, 5) is 26.0. The van der Waals surface area contributed by atoms with Gasteiger partial charge in [0, 0.05) is 6.54 Å². The van der Waals surface area contributed by atoms with Gasteiger partial charge in [-0.25, -0.2) is 4.79 Å². The van der Waals surface area contributed by atoms with Gasteiger partial charge in [0.25, 0.3) is 0 Å². The highest BCUT2D eigenvalue weighted by Gasteiger charge is 2.41. The van der Waals surface area contributed by atoms with E-state index in [1.807, 2.05) is 20.8 Å². The zero-order chi connectivity index (χ0) is 15.5. The lowest BCUT2D eigenvalue weighted by Gasteiger charge is -2.35. The predicted molar refractivity (Wildman–Crippen MR) is 79.9 cm³/mol. The Hall–Kier alpha value is -1.37. The average molecular weight is 301 g/mol. The van der Waals surface area contributed by atoms with Crippen molar-refractivity contribution in [1.82, 2.24) is 10.2 Å². The second-order valence-corrected chi connectivity index (χ2v) is 6.46. The fraction of sp³-hybridized carbons (Fsp3) is 0.769. The second kappa shape index (κ2) is 6.39. The molecular weight excluding hydrogens is 278 g/mol. The van der Waals surface area contributed by atoms with Crippen LogP contribution in [-0.2, 0) is 14.3 Å². The molecule has 0 aromatic carbocycles. The smallest absolute Gasteiger partial charge is 0.328 e. The van der Waals surface area contributed by atoms with E-state index in [0.717, 1.165) is 6.42 Å². The van der Waals surface area contributed by atoms with Gasteiger partial charge >= 0.3 is 5.97 Å². The average Bonchev–Trinajstić information content (AvgIpc) is 2.81. The normalized spacial score (nSPS) is 20.4. The van der Waals surface area contributed by atoms with Crippen molar-refractivity contribution < 1.29 is 14.3 Å². The molecule has 0 bridgehead atoms. The topological polar surface area (TPSA) is 84.7 Å². The van der Waals surface area contributed by atoms with Gasteiger partial charge in [-0.2, -0.15) is 0 Å². The maximum Gasteiger partial charge on any atom is 0.328 e. The van der Waals surface area contributed by atoms with Gasteiger partial charge < -0.3 is 20.7 Å². The monoisotopic (exact) mass is 301 g/mol. The Bertz CT molecular complexity index is 406. The van der Waals surface area contributed by atoms with Crippen LogP contribution >= 0.6 is 12.2 Å². The lowest BCUT2D eigenvalue weighted by Crippen LogP contribution is -2.57. The Labute approximate surface area is 125 Å². The number of nitrogens with one attached hydrogen (secondary N) is 1. The zero-order valence-electron chi connectivity index (χ0n) is 12.4. The third-order valence-corrected chi connectivity index (χ3v) is 3.53. The molecule has 0 aromatic rings. The van der Waals surface area contributed by atoms with Gasteiger partial charge in [0.2, 0.25) is 5.91 Å². The largest absolute Gasteiger partial charge is 0.467 e. The minimum atomic E-state index is -0.565. The molecule has 7 heteroatoms. The summed E-state index contributed by atoms with van der Waals surface area (Å²) in [5.74, 6) is -0.544. The summed E-state index contributed by atoms with van der Waals surface area (Å²) >= 11 is 4.84. The highest BCUT2D eigenvalue weighted by Crippen LogP contribution is 2.26. The van der Waals surface area contributed by atoms with Crippen LogP contribution in [0.1, 0.15) is 33.6 Å². The molecule has 0 spiro atoms. The summed E-state index contributed by atoms with van der Waals surface area (Å²) in [5, 5.41) is 2.92. The molecule has 1 aliphatic rings. The molecule has 114 valence electrons. The van der Waals surface area contributed by atoms with Gasteiger partial charge in [0.15, 0.2) is 5.11 Å². The number of nitrogens with zero attached hydrogens (tertiary/aromatic N) is 1. The molecule has 1 rings (SSSR count). The first-order chi connectivity index (χ1) is 9.18. The SMILES string of the molecule is COC(=O)[C@@H]1CCCN1C(=O)[C@@H](NC(N)=S)C(C)(C)C. The number of amides is 1. The van der Waals surface area contributed by atoms with Crippen molar-refractivity contribution in [2.45, 2.75) is 45.7 Å². The molecule has 3 N–H and O–H groups in total. The van der Waals surface area contributed by atoms with Crippen LogP contribution in [0.4, 0.5) is 0 Å². The van der Waals surface area contributed by atoms with Gasteiger partial charge in [-0.3, -0.25) is 4.79 Å². The summed E-state index contributed by atoms with van der Waals surface area (Å²) in [6.07, 6.45) is 1.41. The molecule has 6 nitrogen and oxygen atoms in total. The zero-order valence-corrected chi connectivity index (χ0v) is 13.3. The van der Waals surface area contributed by atoms with Crippen molar-refractivity contribution in [3.63, 3.8) is 0 Å². The molecular formula is C13H23N3O3S. The van der Waals surface area contributed by atoms with E-state index in [1.165, 1.54) is 7.11 Å². The van der Waals surface area contributed by atoms with E-state index in [-0.39, 0.29) is 22.4 Å². The summed E-state index contributed by atoms with van der Waals surface area (Å²) < 4.78 is 4.76. The van der Waals surface area contributed by atoms with Crippen molar-refractivity contribution in [3.05, 3.63) is 0 Å². The quantitative estimate of drug-likeness (QED) is 0.580. The third-order valence-electron chi connectivity index (χ3n) is 3.41. The van der Waals surface area contributed by atoms with Crippen LogP contribution in [0.25, 0.3) is 0 Å². The molecule has 1 amide bonds. The second-order valence-electron chi connectivity index (χ2n) is 6.02. The van der Waals surface area contributed by atoms with Crippen molar-refractivity contribution in [1.29, 1.82) is 0 Å². The molecule has 1 heterocycles. The number of likely N-dealkylation sites (tertiary alicyclic amines) is 1. The number of ether oxygens (including phenoxy) is 1. The molecule has 1 aliphatic heterocycles. The number of rotatable bonds is 3. The van der Waals surface area contributed by atoms with Gasteiger partial charge in [-0.05, 0) is 30.5 Å². The molecule has 20 heavy (non-hydrogen) atoms. The standard InChI is InChI=1S/C13H23N3O3S/c1-13(2,3)9(15-12(14)20)10(17)16-7-5-6-8(16)11(18)19-4/h8-9H,5-7H2,1-4H3,(H3,14,15,20)/t8-,9+/m0/s1. The van der Waals surface area contributed by atoms with E-state index < -0.39 is 12.1 Å². The number of methoxy groups -OCH3 is 1. The van der Waals surface area contributed by atoms with E-state index in [9.17, 15) is 9.59 Å². The van der Waals surface area contributed by atoms with Crippen LogP contribution in [-0.4, -0.2) is 47.6 Å². The number of esters is 1. The number of hydrogen-bond donors (Lipinski definition) is 2. The lowest BCUT2D eigenvalue weighted by atomic mass is 9.85. The number of carbonyl (C=O) groups excluding carboxylic acids is 2. The molecule has 0 aromatic heterocycles. The first-order valence-corrected chi connectivity index (χ1v) is 7.03. The molecule has 1 saturated heterocycles. The molecule has 2 atom stereocenters. The van der Waals surface area contributed by atoms with E-state index in [1.54, 1.807) is 4.90 Å². The highest BCUT2D eigenvalue weighted by molar-refractivity contribution is 7.80. The van der Waals surface area contributed by atoms with Crippen LogP contribution < -0.4 is 11.1 Å². The Kier molecular flexibility index (Phi) is 5.33. The molecule has 0 saturated carbocycles. The number of hydrogen-bond acceptors (Lipinski definition) is 4. The molecule has 0 unspecified atom stereocenters. The van der Waals surface area contributed by atoms with Crippen LogP contribution in [0, 0.1) is 5.41 Å². The van der Waals surface area contributed by atoms with E-state index in [2.05, 4.69) is 5.32 Å². The minimum Gasteiger partial charge on any atom is -0.467 e. The van der Waals surface area contributed by atoms with E-state index >= 15 is 0 Å². The summed E-state index contributed by atoms with van der Waals surface area (Å²) in [7, 11) is 1.33. The molecule has 1 fully saturated rings. The van der Waals surface area contributed by atoms with Crippen molar-refractivity contribution in [2.24, 2.45) is 11.1 Å². The van der Waals surface area contributed by atoms with Crippen LogP contribution in [0.2, 0.25) is 0 Å². The maximum absolute atomic E-state index is 12.7. The van der Waals surface area contributed by atoms with Gasteiger partial charge in [0.1, 0.15) is 12.1 Å².